The van der Waals surface area contributed by atoms with Crippen LogP contribution in [0, 0.1) is 5.82 Å². The zero-order valence-electron chi connectivity index (χ0n) is 11.3. The van der Waals surface area contributed by atoms with Crippen LogP contribution in [0.5, 0.6) is 0 Å². The Balaban J connectivity index is 1.94. The third kappa shape index (κ3) is 2.60. The van der Waals surface area contributed by atoms with E-state index in [0.717, 1.165) is 10.1 Å². The van der Waals surface area contributed by atoms with Gasteiger partial charge in [0.2, 0.25) is 0 Å². The number of rotatable bonds is 2. The van der Waals surface area contributed by atoms with Gasteiger partial charge < -0.3 is 10.6 Å². The maximum atomic E-state index is 12.9. The molecule has 0 aliphatic heterocycles. The quantitative estimate of drug-likeness (QED) is 0.730. The summed E-state index contributed by atoms with van der Waals surface area (Å²) >= 11 is 1.42. The van der Waals surface area contributed by atoms with E-state index in [0.29, 0.717) is 16.3 Å². The van der Waals surface area contributed by atoms with Gasteiger partial charge in [-0.2, -0.15) is 0 Å². The van der Waals surface area contributed by atoms with Crippen LogP contribution in [0.15, 0.2) is 48.5 Å². The van der Waals surface area contributed by atoms with E-state index in [1.54, 1.807) is 19.2 Å². The summed E-state index contributed by atoms with van der Waals surface area (Å²) in [5.74, 6) is -0.446. The van der Waals surface area contributed by atoms with E-state index < -0.39 is 0 Å². The first-order valence-electron chi connectivity index (χ1n) is 6.37. The Hall–Kier alpha value is -2.40. The van der Waals surface area contributed by atoms with Gasteiger partial charge >= 0.3 is 0 Å². The van der Waals surface area contributed by atoms with Crippen LogP contribution in [-0.4, -0.2) is 13.0 Å². The number of carbonyl (C=O) groups excluding carboxylic acids is 1. The van der Waals surface area contributed by atoms with Crippen molar-refractivity contribution in [1.82, 2.24) is 0 Å². The van der Waals surface area contributed by atoms with E-state index >= 15 is 0 Å². The summed E-state index contributed by atoms with van der Waals surface area (Å²) in [5, 5.41) is 0.954. The molecule has 1 aromatic heterocycles. The molecule has 3 nitrogen and oxygen atoms in total. The summed E-state index contributed by atoms with van der Waals surface area (Å²) in [4.78, 5) is 14.6. The molecule has 0 aliphatic rings. The van der Waals surface area contributed by atoms with Crippen molar-refractivity contribution in [2.24, 2.45) is 0 Å². The second kappa shape index (κ2) is 5.18. The highest BCUT2D eigenvalue weighted by Crippen LogP contribution is 2.29. The zero-order valence-corrected chi connectivity index (χ0v) is 12.2. The number of halogens is 1. The number of nitrogens with two attached hydrogens (primary N) is 1. The van der Waals surface area contributed by atoms with Crippen molar-refractivity contribution in [3.63, 3.8) is 0 Å². The van der Waals surface area contributed by atoms with Crippen LogP contribution < -0.4 is 10.6 Å². The average molecular weight is 300 g/mol. The normalized spacial score (nSPS) is 10.8. The van der Waals surface area contributed by atoms with E-state index in [9.17, 15) is 9.18 Å². The molecule has 2 N–H and O–H groups in total. The van der Waals surface area contributed by atoms with Crippen molar-refractivity contribution in [3.8, 4) is 0 Å². The molecule has 0 fully saturated rings. The molecule has 3 aromatic rings. The Kier molecular flexibility index (Phi) is 3.35. The molecule has 106 valence electrons. The van der Waals surface area contributed by atoms with Gasteiger partial charge in [0, 0.05) is 23.1 Å². The molecule has 0 unspecified atom stereocenters. The highest BCUT2D eigenvalue weighted by molar-refractivity contribution is 7.20. The molecule has 2 aromatic carbocycles. The number of nitrogens with zero attached hydrogens (tertiary/aromatic N) is 1. The van der Waals surface area contributed by atoms with E-state index in [4.69, 9.17) is 5.73 Å². The summed E-state index contributed by atoms with van der Waals surface area (Å²) < 4.78 is 14.0. The number of amides is 1. The summed E-state index contributed by atoms with van der Waals surface area (Å²) in [6.45, 7) is 0. The van der Waals surface area contributed by atoms with Crippen LogP contribution in [0.4, 0.5) is 15.8 Å². The Morgan fingerprint density at radius 2 is 1.86 bits per heavy atom. The molecule has 0 saturated carbocycles. The monoisotopic (exact) mass is 300 g/mol. The van der Waals surface area contributed by atoms with Gasteiger partial charge in [-0.3, -0.25) is 4.79 Å². The predicted molar refractivity (Wildman–Crippen MR) is 85.4 cm³/mol. The number of carbonyl (C=O) groups is 1. The smallest absolute Gasteiger partial charge is 0.268 e. The molecule has 21 heavy (non-hydrogen) atoms. The first-order chi connectivity index (χ1) is 10.0. The largest absolute Gasteiger partial charge is 0.399 e. The van der Waals surface area contributed by atoms with Crippen LogP contribution in [0.3, 0.4) is 0 Å². The minimum atomic E-state index is -0.322. The lowest BCUT2D eigenvalue weighted by Crippen LogP contribution is -2.25. The van der Waals surface area contributed by atoms with Gasteiger partial charge in [0.25, 0.3) is 5.91 Å². The number of fused-ring (bicyclic) bond motifs is 1. The van der Waals surface area contributed by atoms with Crippen molar-refractivity contribution in [3.05, 3.63) is 59.2 Å². The summed E-state index contributed by atoms with van der Waals surface area (Å²) in [6.07, 6.45) is 0. The van der Waals surface area contributed by atoms with Crippen molar-refractivity contribution in [2.75, 3.05) is 17.7 Å². The third-order valence-corrected chi connectivity index (χ3v) is 4.37. The summed E-state index contributed by atoms with van der Waals surface area (Å²) in [5.41, 5.74) is 7.07. The van der Waals surface area contributed by atoms with Gasteiger partial charge in [-0.15, -0.1) is 11.3 Å². The summed E-state index contributed by atoms with van der Waals surface area (Å²) in [6, 6.07) is 13.2. The molecule has 5 heteroatoms. The lowest BCUT2D eigenvalue weighted by molar-refractivity contribution is 0.0997. The molecule has 1 amide bonds. The molecule has 0 aliphatic carbocycles. The maximum Gasteiger partial charge on any atom is 0.268 e. The van der Waals surface area contributed by atoms with Gasteiger partial charge in [-0.25, -0.2) is 4.39 Å². The minimum absolute atomic E-state index is 0.124. The molecular formula is C16H13FN2OS. The Bertz CT molecular complexity index is 811. The fraction of sp³-hybridized carbons (Fsp3) is 0.0625. The van der Waals surface area contributed by atoms with E-state index in [1.807, 2.05) is 24.3 Å². The van der Waals surface area contributed by atoms with Crippen LogP contribution in [0.2, 0.25) is 0 Å². The minimum Gasteiger partial charge on any atom is -0.399 e. The molecule has 3 rings (SSSR count). The van der Waals surface area contributed by atoms with Crippen LogP contribution in [0.1, 0.15) is 9.67 Å². The number of benzene rings is 2. The van der Waals surface area contributed by atoms with Crippen molar-refractivity contribution in [2.45, 2.75) is 0 Å². The van der Waals surface area contributed by atoms with Crippen LogP contribution >= 0.6 is 11.3 Å². The highest BCUT2D eigenvalue weighted by Gasteiger charge is 2.16. The summed E-state index contributed by atoms with van der Waals surface area (Å²) in [7, 11) is 1.67. The Morgan fingerprint density at radius 3 is 2.57 bits per heavy atom. The van der Waals surface area contributed by atoms with Crippen LogP contribution in [0.25, 0.3) is 10.1 Å². The lowest BCUT2D eigenvalue weighted by atomic mass is 10.2. The van der Waals surface area contributed by atoms with Crippen LogP contribution in [-0.2, 0) is 0 Å². The second-order valence-corrected chi connectivity index (χ2v) is 5.83. The highest BCUT2D eigenvalue weighted by atomic mass is 32.1. The topological polar surface area (TPSA) is 46.3 Å². The first-order valence-corrected chi connectivity index (χ1v) is 7.19. The van der Waals surface area contributed by atoms with Crippen molar-refractivity contribution in [1.29, 1.82) is 0 Å². The molecule has 0 saturated heterocycles. The van der Waals surface area contributed by atoms with Gasteiger partial charge in [-0.1, -0.05) is 0 Å². The number of hydrogen-bond acceptors (Lipinski definition) is 3. The first kappa shape index (κ1) is 13.6. The molecule has 0 radical (unpaired) electrons. The molecule has 0 spiro atoms. The Labute approximate surface area is 125 Å². The molecule has 0 bridgehead atoms. The average Bonchev–Trinajstić information content (AvgIpc) is 2.89. The SMILES string of the molecule is CN(C(=O)c1cc2cc(N)ccc2s1)c1ccc(F)cc1. The third-order valence-electron chi connectivity index (χ3n) is 3.27. The molecular weight excluding hydrogens is 287 g/mol. The number of anilines is 2. The number of hydrogen-bond donors (Lipinski definition) is 1. The number of nitrogen functional groups attached to an aromatic ring is 1. The molecule has 1 heterocycles. The van der Waals surface area contributed by atoms with E-state index in [-0.39, 0.29) is 11.7 Å². The Morgan fingerprint density at radius 1 is 1.14 bits per heavy atom. The van der Waals surface area contributed by atoms with Crippen molar-refractivity contribution < 1.29 is 9.18 Å². The lowest BCUT2D eigenvalue weighted by Gasteiger charge is -2.16. The van der Waals surface area contributed by atoms with E-state index in [2.05, 4.69) is 0 Å². The second-order valence-electron chi connectivity index (χ2n) is 4.75. The van der Waals surface area contributed by atoms with Gasteiger partial charge in [0.05, 0.1) is 4.88 Å². The fourth-order valence-corrected chi connectivity index (χ4v) is 3.13. The predicted octanol–water partition coefficient (Wildman–Crippen LogP) is 3.90. The maximum absolute atomic E-state index is 12.9. The van der Waals surface area contributed by atoms with Crippen molar-refractivity contribution >= 4 is 38.7 Å². The van der Waals surface area contributed by atoms with Gasteiger partial charge in [0.1, 0.15) is 5.82 Å². The zero-order chi connectivity index (χ0) is 15.0. The van der Waals surface area contributed by atoms with Gasteiger partial charge in [-0.05, 0) is 53.9 Å². The fourth-order valence-electron chi connectivity index (χ4n) is 2.11. The molecule has 0 atom stereocenters. The number of thiophene rings is 1. The van der Waals surface area contributed by atoms with Gasteiger partial charge in [0.15, 0.2) is 0 Å². The van der Waals surface area contributed by atoms with E-state index in [1.165, 1.54) is 28.4 Å². The standard InChI is InChI=1S/C16H13FN2OS/c1-19(13-5-2-11(17)3-6-13)16(20)15-9-10-8-12(18)4-7-14(10)21-15/h2-9H,18H2,1H3.